The van der Waals surface area contributed by atoms with E-state index in [9.17, 15) is 9.18 Å². The standard InChI is InChI=1S/C16H17FN2O/c1-19-15(11-2-5-13(17)6-3-11)9-4-12(16(19)20)10-18-14-7-8-14/h2-6,9,14,18H,7-8,10H2,1H3. The van der Waals surface area contributed by atoms with Crippen molar-refractivity contribution in [3.63, 3.8) is 0 Å². The van der Waals surface area contributed by atoms with Crippen LogP contribution in [0.5, 0.6) is 0 Å². The summed E-state index contributed by atoms with van der Waals surface area (Å²) in [4.78, 5) is 12.3. The van der Waals surface area contributed by atoms with E-state index in [2.05, 4.69) is 5.32 Å². The van der Waals surface area contributed by atoms with Gasteiger partial charge in [-0.2, -0.15) is 0 Å². The molecule has 1 aromatic carbocycles. The number of nitrogens with one attached hydrogen (secondary N) is 1. The summed E-state index contributed by atoms with van der Waals surface area (Å²) in [5, 5.41) is 3.34. The number of aromatic nitrogens is 1. The fourth-order valence-corrected chi connectivity index (χ4v) is 2.27. The molecular formula is C16H17FN2O. The minimum absolute atomic E-state index is 0.0000231. The first-order valence-corrected chi connectivity index (χ1v) is 6.83. The minimum atomic E-state index is -0.274. The van der Waals surface area contributed by atoms with Crippen molar-refractivity contribution in [1.82, 2.24) is 9.88 Å². The van der Waals surface area contributed by atoms with Crippen LogP contribution in [-0.2, 0) is 13.6 Å². The van der Waals surface area contributed by atoms with Gasteiger partial charge in [-0.15, -0.1) is 0 Å². The zero-order chi connectivity index (χ0) is 14.1. The summed E-state index contributed by atoms with van der Waals surface area (Å²) in [6.07, 6.45) is 2.40. The van der Waals surface area contributed by atoms with Crippen molar-refractivity contribution in [3.8, 4) is 11.3 Å². The van der Waals surface area contributed by atoms with Crippen LogP contribution >= 0.6 is 0 Å². The minimum Gasteiger partial charge on any atom is -0.311 e. The Morgan fingerprint density at radius 1 is 1.20 bits per heavy atom. The summed E-state index contributed by atoms with van der Waals surface area (Å²) in [5.41, 5.74) is 2.41. The molecule has 3 rings (SSSR count). The van der Waals surface area contributed by atoms with E-state index in [4.69, 9.17) is 0 Å². The van der Waals surface area contributed by atoms with E-state index in [0.717, 1.165) is 16.8 Å². The molecule has 0 bridgehead atoms. The fourth-order valence-electron chi connectivity index (χ4n) is 2.27. The van der Waals surface area contributed by atoms with Gasteiger partial charge in [0.1, 0.15) is 5.82 Å². The molecule has 2 aromatic rings. The average molecular weight is 272 g/mol. The monoisotopic (exact) mass is 272 g/mol. The molecule has 1 heterocycles. The van der Waals surface area contributed by atoms with Crippen molar-refractivity contribution >= 4 is 0 Å². The van der Waals surface area contributed by atoms with Gasteiger partial charge in [-0.1, -0.05) is 6.07 Å². The van der Waals surface area contributed by atoms with E-state index < -0.39 is 0 Å². The van der Waals surface area contributed by atoms with Gasteiger partial charge in [0.15, 0.2) is 0 Å². The smallest absolute Gasteiger partial charge is 0.255 e. The first-order chi connectivity index (χ1) is 9.65. The van der Waals surface area contributed by atoms with E-state index >= 15 is 0 Å². The first-order valence-electron chi connectivity index (χ1n) is 6.83. The molecule has 0 amide bonds. The van der Waals surface area contributed by atoms with Crippen LogP contribution in [0.3, 0.4) is 0 Å². The Morgan fingerprint density at radius 3 is 2.55 bits per heavy atom. The molecule has 3 nitrogen and oxygen atoms in total. The molecule has 1 aliphatic rings. The lowest BCUT2D eigenvalue weighted by atomic mass is 10.1. The maximum absolute atomic E-state index is 13.0. The molecular weight excluding hydrogens is 255 g/mol. The molecule has 0 atom stereocenters. The van der Waals surface area contributed by atoms with Gasteiger partial charge in [0, 0.05) is 25.2 Å². The highest BCUT2D eigenvalue weighted by atomic mass is 19.1. The zero-order valence-corrected chi connectivity index (χ0v) is 11.4. The van der Waals surface area contributed by atoms with Crippen LogP contribution in [0.2, 0.25) is 0 Å². The maximum Gasteiger partial charge on any atom is 0.255 e. The van der Waals surface area contributed by atoms with Gasteiger partial charge >= 0.3 is 0 Å². The van der Waals surface area contributed by atoms with Crippen LogP contribution in [0.15, 0.2) is 41.2 Å². The summed E-state index contributed by atoms with van der Waals surface area (Å²) in [6, 6.07) is 10.5. The molecule has 0 aliphatic heterocycles. The lowest BCUT2D eigenvalue weighted by molar-refractivity contribution is 0.628. The molecule has 1 saturated carbocycles. The van der Waals surface area contributed by atoms with Crippen molar-refractivity contribution in [3.05, 3.63) is 58.1 Å². The SMILES string of the molecule is Cn1c(-c2ccc(F)cc2)ccc(CNC2CC2)c1=O. The summed E-state index contributed by atoms with van der Waals surface area (Å²) in [5.74, 6) is -0.274. The van der Waals surface area contributed by atoms with Crippen molar-refractivity contribution in [2.75, 3.05) is 0 Å². The van der Waals surface area contributed by atoms with Gasteiger partial charge in [0.05, 0.1) is 5.69 Å². The van der Waals surface area contributed by atoms with Gasteiger partial charge in [-0.3, -0.25) is 4.79 Å². The highest BCUT2D eigenvalue weighted by Gasteiger charge is 2.20. The summed E-state index contributed by atoms with van der Waals surface area (Å²) >= 11 is 0. The van der Waals surface area contributed by atoms with Crippen LogP contribution < -0.4 is 10.9 Å². The first kappa shape index (κ1) is 13.1. The number of hydrogen-bond donors (Lipinski definition) is 1. The highest BCUT2D eigenvalue weighted by Crippen LogP contribution is 2.20. The topological polar surface area (TPSA) is 34.0 Å². The molecule has 104 valence electrons. The number of rotatable bonds is 4. The van der Waals surface area contributed by atoms with Crippen molar-refractivity contribution < 1.29 is 4.39 Å². The molecule has 0 unspecified atom stereocenters. The van der Waals surface area contributed by atoms with Crippen LogP contribution in [0.25, 0.3) is 11.3 Å². The third-order valence-corrected chi connectivity index (χ3v) is 3.68. The number of pyridine rings is 1. The Kier molecular flexibility index (Phi) is 3.40. The lowest BCUT2D eigenvalue weighted by Gasteiger charge is -2.11. The number of benzene rings is 1. The Labute approximate surface area is 117 Å². The van der Waals surface area contributed by atoms with Crippen molar-refractivity contribution in [1.29, 1.82) is 0 Å². The van der Waals surface area contributed by atoms with Crippen LogP contribution in [0.4, 0.5) is 4.39 Å². The lowest BCUT2D eigenvalue weighted by Crippen LogP contribution is -2.27. The number of hydrogen-bond acceptors (Lipinski definition) is 2. The molecule has 1 fully saturated rings. The predicted octanol–water partition coefficient (Wildman–Crippen LogP) is 2.44. The molecule has 1 N–H and O–H groups in total. The molecule has 4 heteroatoms. The van der Waals surface area contributed by atoms with E-state index in [1.165, 1.54) is 25.0 Å². The Morgan fingerprint density at radius 2 is 1.90 bits per heavy atom. The number of nitrogens with zero attached hydrogens (tertiary/aromatic N) is 1. The van der Waals surface area contributed by atoms with E-state index in [-0.39, 0.29) is 11.4 Å². The zero-order valence-electron chi connectivity index (χ0n) is 11.4. The van der Waals surface area contributed by atoms with Crippen molar-refractivity contribution in [2.45, 2.75) is 25.4 Å². The van der Waals surface area contributed by atoms with Crippen LogP contribution in [0, 0.1) is 5.82 Å². The van der Waals surface area contributed by atoms with Gasteiger partial charge < -0.3 is 9.88 Å². The normalized spacial score (nSPS) is 14.5. The Balaban J connectivity index is 1.90. The highest BCUT2D eigenvalue weighted by molar-refractivity contribution is 5.59. The quantitative estimate of drug-likeness (QED) is 0.927. The van der Waals surface area contributed by atoms with Gasteiger partial charge in [0.2, 0.25) is 0 Å². The largest absolute Gasteiger partial charge is 0.311 e. The Bertz CT molecular complexity index is 672. The number of halogens is 1. The van der Waals surface area contributed by atoms with Gasteiger partial charge in [-0.05, 0) is 48.7 Å². The van der Waals surface area contributed by atoms with Gasteiger partial charge in [0.25, 0.3) is 5.56 Å². The summed E-state index contributed by atoms with van der Waals surface area (Å²) in [7, 11) is 1.75. The van der Waals surface area contributed by atoms with E-state index in [1.807, 2.05) is 12.1 Å². The fraction of sp³-hybridized carbons (Fsp3) is 0.312. The molecule has 20 heavy (non-hydrogen) atoms. The second-order valence-electron chi connectivity index (χ2n) is 5.27. The molecule has 1 aliphatic carbocycles. The average Bonchev–Trinajstić information content (AvgIpc) is 3.26. The summed E-state index contributed by atoms with van der Waals surface area (Å²) < 4.78 is 14.6. The molecule has 0 saturated heterocycles. The van der Waals surface area contributed by atoms with Crippen LogP contribution in [-0.4, -0.2) is 10.6 Å². The van der Waals surface area contributed by atoms with Gasteiger partial charge in [-0.25, -0.2) is 4.39 Å². The maximum atomic E-state index is 13.0. The second-order valence-corrected chi connectivity index (χ2v) is 5.27. The van der Waals surface area contributed by atoms with E-state index in [1.54, 1.807) is 23.7 Å². The third-order valence-electron chi connectivity index (χ3n) is 3.68. The molecule has 0 spiro atoms. The third kappa shape index (κ3) is 2.65. The second kappa shape index (κ2) is 5.21. The summed E-state index contributed by atoms with van der Waals surface area (Å²) in [6.45, 7) is 0.612. The van der Waals surface area contributed by atoms with E-state index in [0.29, 0.717) is 12.6 Å². The predicted molar refractivity (Wildman–Crippen MR) is 76.9 cm³/mol. The molecule has 0 radical (unpaired) electrons. The van der Waals surface area contributed by atoms with Crippen LogP contribution in [0.1, 0.15) is 18.4 Å². The van der Waals surface area contributed by atoms with Crippen molar-refractivity contribution in [2.24, 2.45) is 7.05 Å². The molecule has 1 aromatic heterocycles. The Hall–Kier alpha value is -1.94.